The van der Waals surface area contributed by atoms with Crippen LogP contribution in [0.5, 0.6) is 0 Å². The number of unbranched alkanes of at least 4 members (excludes halogenated alkanes) is 1. The van der Waals surface area contributed by atoms with Crippen molar-refractivity contribution in [1.82, 2.24) is 0 Å². The number of hydrogen-bond acceptors (Lipinski definition) is 0. The van der Waals surface area contributed by atoms with E-state index < -0.39 is 8.07 Å². The first-order valence-electron chi connectivity index (χ1n) is 12.0. The standard InChI is InChI=1S/C29H38Si.Li.H/c1-6-8-13-22(7-2)19-23-20-29(27-17-12-10-15-25(23)27)30(4,5)28-18-21(3)24-14-9-11-16-26(24)28;;/h9-12,14-18,20,22,28-29H,6-8,13,19H2,1-5H3;;. The second-order valence-electron chi connectivity index (χ2n) is 10.1. The summed E-state index contributed by atoms with van der Waals surface area (Å²) in [7, 11) is -1.66. The van der Waals surface area contributed by atoms with Crippen LogP contribution in [0.4, 0.5) is 0 Å². The van der Waals surface area contributed by atoms with Crippen molar-refractivity contribution in [3.05, 3.63) is 82.9 Å². The zero-order valence-corrected chi connectivity index (χ0v) is 20.5. The molecule has 0 saturated carbocycles. The maximum atomic E-state index is 2.70. The van der Waals surface area contributed by atoms with E-state index in [-0.39, 0.29) is 18.9 Å². The van der Waals surface area contributed by atoms with E-state index in [0.29, 0.717) is 11.1 Å². The number of rotatable bonds is 8. The van der Waals surface area contributed by atoms with E-state index >= 15 is 0 Å². The third-order valence-electron chi connectivity index (χ3n) is 7.80. The number of benzene rings is 2. The molecule has 160 valence electrons. The minimum absolute atomic E-state index is 0. The van der Waals surface area contributed by atoms with E-state index in [9.17, 15) is 0 Å². The predicted molar refractivity (Wildman–Crippen MR) is 143 cm³/mol. The van der Waals surface area contributed by atoms with Crippen LogP contribution in [-0.2, 0) is 0 Å². The van der Waals surface area contributed by atoms with Gasteiger partial charge in [0.15, 0.2) is 0 Å². The van der Waals surface area contributed by atoms with Gasteiger partial charge in [-0.2, -0.15) is 0 Å². The normalized spacial score (nSPS) is 20.4. The summed E-state index contributed by atoms with van der Waals surface area (Å²) in [4.78, 5) is 0. The molecule has 2 heteroatoms. The van der Waals surface area contributed by atoms with Crippen LogP contribution in [-0.4, -0.2) is 26.9 Å². The molecule has 0 N–H and O–H groups in total. The molecule has 0 saturated heterocycles. The summed E-state index contributed by atoms with van der Waals surface area (Å²) >= 11 is 0. The van der Waals surface area contributed by atoms with Gasteiger partial charge in [-0.1, -0.05) is 113 Å². The van der Waals surface area contributed by atoms with E-state index in [1.54, 1.807) is 22.3 Å². The zero-order chi connectivity index (χ0) is 21.3. The Kier molecular flexibility index (Phi) is 7.96. The molecule has 0 nitrogen and oxygen atoms in total. The van der Waals surface area contributed by atoms with Gasteiger partial charge < -0.3 is 0 Å². The maximum absolute atomic E-state index is 2.70. The summed E-state index contributed by atoms with van der Waals surface area (Å²) in [6.45, 7) is 12.2. The molecule has 0 heterocycles. The van der Waals surface area contributed by atoms with Crippen molar-refractivity contribution in [3.8, 4) is 0 Å². The van der Waals surface area contributed by atoms with E-state index in [0.717, 1.165) is 5.92 Å². The molecule has 0 aliphatic heterocycles. The van der Waals surface area contributed by atoms with Gasteiger partial charge in [-0.3, -0.25) is 0 Å². The fraction of sp³-hybridized carbons (Fsp3) is 0.448. The van der Waals surface area contributed by atoms with Gasteiger partial charge in [0.25, 0.3) is 0 Å². The van der Waals surface area contributed by atoms with Gasteiger partial charge in [0.1, 0.15) is 0 Å². The van der Waals surface area contributed by atoms with Crippen molar-refractivity contribution < 1.29 is 0 Å². The number of hydrogen-bond donors (Lipinski definition) is 0. The molecule has 0 spiro atoms. The average molecular weight is 423 g/mol. The van der Waals surface area contributed by atoms with Crippen LogP contribution in [0.2, 0.25) is 13.1 Å². The fourth-order valence-corrected chi connectivity index (χ4v) is 9.66. The molecule has 2 aromatic carbocycles. The van der Waals surface area contributed by atoms with Gasteiger partial charge in [-0.15, -0.1) is 0 Å². The third-order valence-corrected chi connectivity index (χ3v) is 12.0. The van der Waals surface area contributed by atoms with Gasteiger partial charge in [-0.05, 0) is 63.7 Å². The Morgan fingerprint density at radius 3 is 2.06 bits per heavy atom. The molecule has 0 radical (unpaired) electrons. The summed E-state index contributed by atoms with van der Waals surface area (Å²) < 4.78 is 0. The average Bonchev–Trinajstić information content (AvgIpc) is 3.30. The quantitative estimate of drug-likeness (QED) is 0.377. The van der Waals surface area contributed by atoms with Crippen LogP contribution in [0.3, 0.4) is 0 Å². The van der Waals surface area contributed by atoms with Crippen molar-refractivity contribution in [3.63, 3.8) is 0 Å². The third kappa shape index (κ3) is 4.61. The molecule has 0 fully saturated rings. The Morgan fingerprint density at radius 2 is 1.42 bits per heavy atom. The molecular formula is C29H39LiSi. The fourth-order valence-electron chi connectivity index (χ4n) is 5.86. The van der Waals surface area contributed by atoms with Gasteiger partial charge in [0.2, 0.25) is 0 Å². The van der Waals surface area contributed by atoms with Crippen molar-refractivity contribution in [2.24, 2.45) is 5.92 Å². The van der Waals surface area contributed by atoms with E-state index in [2.05, 4.69) is 94.5 Å². The molecule has 3 atom stereocenters. The molecule has 0 aromatic heterocycles. The second kappa shape index (κ2) is 10.1. The summed E-state index contributed by atoms with van der Waals surface area (Å²) in [6, 6.07) is 18.4. The molecule has 0 bridgehead atoms. The van der Waals surface area contributed by atoms with Crippen LogP contribution >= 0.6 is 0 Å². The summed E-state index contributed by atoms with van der Waals surface area (Å²) in [5.41, 5.74) is 10.5. The van der Waals surface area contributed by atoms with Gasteiger partial charge >= 0.3 is 18.9 Å². The molecule has 2 aliphatic rings. The molecule has 31 heavy (non-hydrogen) atoms. The van der Waals surface area contributed by atoms with E-state index in [1.165, 1.54) is 43.2 Å². The second-order valence-corrected chi connectivity index (χ2v) is 15.0. The Morgan fingerprint density at radius 1 is 0.839 bits per heavy atom. The molecule has 0 amide bonds. The summed E-state index contributed by atoms with van der Waals surface area (Å²) in [5.74, 6) is 0.821. The molecular weight excluding hydrogens is 383 g/mol. The molecule has 3 unspecified atom stereocenters. The Balaban J connectivity index is 0.00000272. The van der Waals surface area contributed by atoms with Crippen LogP contribution in [0.15, 0.2) is 60.7 Å². The molecule has 2 aromatic rings. The van der Waals surface area contributed by atoms with Crippen LogP contribution < -0.4 is 0 Å². The first kappa shape index (κ1) is 24.4. The Bertz CT molecular complexity index is 968. The topological polar surface area (TPSA) is 0 Å². The molecule has 4 rings (SSSR count). The van der Waals surface area contributed by atoms with Gasteiger partial charge in [0.05, 0.1) is 8.07 Å². The minimum atomic E-state index is -1.66. The van der Waals surface area contributed by atoms with Crippen LogP contribution in [0.25, 0.3) is 11.1 Å². The van der Waals surface area contributed by atoms with Crippen molar-refractivity contribution in [1.29, 1.82) is 0 Å². The van der Waals surface area contributed by atoms with Gasteiger partial charge in [0, 0.05) is 0 Å². The van der Waals surface area contributed by atoms with Crippen molar-refractivity contribution in [2.45, 2.75) is 77.1 Å². The molecule has 2 aliphatic carbocycles. The Labute approximate surface area is 203 Å². The Hall–Kier alpha value is -1.27. The van der Waals surface area contributed by atoms with E-state index in [1.807, 2.05) is 0 Å². The zero-order valence-electron chi connectivity index (χ0n) is 19.5. The van der Waals surface area contributed by atoms with Crippen LogP contribution in [0.1, 0.15) is 86.2 Å². The number of fused-ring (bicyclic) bond motifs is 2. The monoisotopic (exact) mass is 422 g/mol. The first-order valence-corrected chi connectivity index (χ1v) is 15.2. The summed E-state index contributed by atoms with van der Waals surface area (Å²) in [5, 5.41) is 0. The number of allylic oxidation sites excluding steroid dienone is 4. The summed E-state index contributed by atoms with van der Waals surface area (Å²) in [6.07, 6.45) is 11.9. The first-order chi connectivity index (χ1) is 14.5. The SMILES string of the molecule is CCCCC(CC)CC1=CC([Si](C)(C)C2C=C(C)c3ccccc32)c2ccccc21.[LiH]. The predicted octanol–water partition coefficient (Wildman–Crippen LogP) is 8.11. The van der Waals surface area contributed by atoms with Crippen LogP contribution in [0, 0.1) is 5.92 Å². The van der Waals surface area contributed by atoms with E-state index in [4.69, 9.17) is 0 Å². The van der Waals surface area contributed by atoms with Gasteiger partial charge in [-0.25, -0.2) is 0 Å². The van der Waals surface area contributed by atoms with Crippen molar-refractivity contribution in [2.75, 3.05) is 0 Å². The van der Waals surface area contributed by atoms with Crippen molar-refractivity contribution >= 4 is 38.1 Å².